The van der Waals surface area contributed by atoms with Crippen molar-refractivity contribution in [2.24, 2.45) is 5.41 Å². The van der Waals surface area contributed by atoms with Crippen molar-refractivity contribution >= 4 is 28.2 Å². The maximum absolute atomic E-state index is 14.1. The molecule has 6 unspecified atom stereocenters. The minimum Gasteiger partial charge on any atom is -0.507 e. The standard InChI is InChI=1S/C33H34N2O10/c1-15-10-18-22(19(37)11-15)26(40)24-20-12-17-16(23(24)25(18)39)4-9-34-30(17)35-13-21(38)32(5-2-3-6-32)7-8-33(14-36)29(43)27(41)28(42)31(44-20)45-33/h4,7-12,21,27-29,31,36-38,41-43H,2-3,5-6,13-14H2,1H3,(H,34,35). The van der Waals surface area contributed by atoms with Crippen LogP contribution in [0.15, 0.2) is 42.6 Å². The average molecular weight is 619 g/mol. The Morgan fingerprint density at radius 1 is 0.956 bits per heavy atom. The summed E-state index contributed by atoms with van der Waals surface area (Å²) in [6.07, 6.45) is -0.710. The summed E-state index contributed by atoms with van der Waals surface area (Å²) in [7, 11) is 0. The zero-order chi connectivity index (χ0) is 31.8. The van der Waals surface area contributed by atoms with Crippen molar-refractivity contribution in [3.05, 3.63) is 70.4 Å². The van der Waals surface area contributed by atoms with E-state index in [2.05, 4.69) is 10.3 Å². The molecule has 0 radical (unpaired) electrons. The summed E-state index contributed by atoms with van der Waals surface area (Å²) in [4.78, 5) is 32.7. The Labute approximate surface area is 257 Å². The van der Waals surface area contributed by atoms with Gasteiger partial charge in [0.25, 0.3) is 0 Å². The van der Waals surface area contributed by atoms with Gasteiger partial charge in [-0.1, -0.05) is 25.0 Å². The fraction of sp³-hybridized carbons (Fsp3) is 0.424. The van der Waals surface area contributed by atoms with Crippen molar-refractivity contribution in [2.45, 2.75) is 68.9 Å². The summed E-state index contributed by atoms with van der Waals surface area (Å²) >= 11 is 0. The fourth-order valence-electron chi connectivity index (χ4n) is 7.32. The summed E-state index contributed by atoms with van der Waals surface area (Å²) in [6, 6.07) is 5.92. The molecule has 236 valence electrons. The predicted molar refractivity (Wildman–Crippen MR) is 159 cm³/mol. The maximum Gasteiger partial charge on any atom is 0.229 e. The second-order valence-electron chi connectivity index (χ2n) is 12.6. The largest absolute Gasteiger partial charge is 0.507 e. The minimum atomic E-state index is -1.96. The predicted octanol–water partition coefficient (Wildman–Crippen LogP) is 1.48. The van der Waals surface area contributed by atoms with Crippen molar-refractivity contribution in [1.29, 1.82) is 0 Å². The highest BCUT2D eigenvalue weighted by Crippen LogP contribution is 2.46. The molecule has 1 aromatic heterocycles. The number of aliphatic hydroxyl groups is 5. The molecule has 7 rings (SSSR count). The molecule has 1 spiro atoms. The number of aromatic hydroxyl groups is 1. The third kappa shape index (κ3) is 4.39. The van der Waals surface area contributed by atoms with E-state index >= 15 is 0 Å². The van der Waals surface area contributed by atoms with Gasteiger partial charge in [0.05, 0.1) is 23.8 Å². The fourth-order valence-corrected chi connectivity index (χ4v) is 7.32. The minimum absolute atomic E-state index is 0.0136. The van der Waals surface area contributed by atoms with Crippen molar-refractivity contribution in [1.82, 2.24) is 4.98 Å². The lowest BCUT2D eigenvalue weighted by Crippen LogP contribution is -2.66. The van der Waals surface area contributed by atoms with Crippen LogP contribution in [-0.2, 0) is 4.74 Å². The first-order valence-electron chi connectivity index (χ1n) is 15.0. The number of carbonyl (C=O) groups is 2. The monoisotopic (exact) mass is 618 g/mol. The van der Waals surface area contributed by atoms with E-state index in [0.29, 0.717) is 35.0 Å². The van der Waals surface area contributed by atoms with Gasteiger partial charge in [-0.05, 0) is 55.0 Å². The zero-order valence-electron chi connectivity index (χ0n) is 24.4. The molecule has 7 N–H and O–H groups in total. The Morgan fingerprint density at radius 2 is 1.71 bits per heavy atom. The molecule has 0 amide bonds. The van der Waals surface area contributed by atoms with Gasteiger partial charge < -0.3 is 45.4 Å². The van der Waals surface area contributed by atoms with Crippen molar-refractivity contribution < 1.29 is 49.7 Å². The van der Waals surface area contributed by atoms with Gasteiger partial charge in [0.15, 0.2) is 5.78 Å². The van der Waals surface area contributed by atoms with Gasteiger partial charge in [-0.2, -0.15) is 0 Å². The van der Waals surface area contributed by atoms with Gasteiger partial charge in [-0.3, -0.25) is 9.59 Å². The molecule has 2 aliphatic heterocycles. The van der Waals surface area contributed by atoms with Crippen LogP contribution < -0.4 is 10.1 Å². The summed E-state index contributed by atoms with van der Waals surface area (Å²) in [5.74, 6) is -1.56. The van der Waals surface area contributed by atoms with E-state index in [1.54, 1.807) is 19.1 Å². The maximum atomic E-state index is 14.1. The number of fused-ring (bicyclic) bond motifs is 7. The van der Waals surface area contributed by atoms with E-state index in [1.165, 1.54) is 30.5 Å². The molecule has 1 saturated carbocycles. The van der Waals surface area contributed by atoms with Crippen molar-refractivity contribution in [2.75, 3.05) is 18.5 Å². The van der Waals surface area contributed by atoms with E-state index in [-0.39, 0.29) is 40.3 Å². The number of ketones is 2. The highest BCUT2D eigenvalue weighted by Gasteiger charge is 2.54. The third-order valence-corrected chi connectivity index (χ3v) is 9.86. The topological polar surface area (TPSA) is 199 Å². The molecule has 2 fully saturated rings. The number of phenols is 1. The Balaban J connectivity index is 1.48. The number of ether oxygens (including phenoxy) is 2. The average Bonchev–Trinajstić information content (AvgIpc) is 3.51. The van der Waals surface area contributed by atoms with Crippen LogP contribution in [0.1, 0.15) is 63.1 Å². The number of hydrogen-bond donors (Lipinski definition) is 7. The molecule has 1 saturated heterocycles. The Kier molecular flexibility index (Phi) is 7.00. The third-order valence-electron chi connectivity index (χ3n) is 9.86. The number of hydrogen-bond acceptors (Lipinski definition) is 12. The van der Waals surface area contributed by atoms with Gasteiger partial charge in [0.1, 0.15) is 41.2 Å². The Hall–Kier alpha value is -3.91. The zero-order valence-corrected chi connectivity index (χ0v) is 24.4. The van der Waals surface area contributed by atoms with Gasteiger partial charge in [-0.25, -0.2) is 4.98 Å². The number of anilines is 1. The molecule has 2 aromatic carbocycles. The van der Waals surface area contributed by atoms with Crippen LogP contribution in [-0.4, -0.2) is 96.6 Å². The number of β-amino-alcohol motifs (C(OH)–C–C–N with tert-alkyl or cyclic N) is 1. The van der Waals surface area contributed by atoms with E-state index in [1.807, 2.05) is 0 Å². The van der Waals surface area contributed by atoms with E-state index in [0.717, 1.165) is 12.8 Å². The summed E-state index contributed by atoms with van der Waals surface area (Å²) in [5.41, 5.74) is -2.56. The van der Waals surface area contributed by atoms with Gasteiger partial charge in [-0.15, -0.1) is 0 Å². The quantitative estimate of drug-likeness (QED) is 0.152. The molecule has 4 bridgehead atoms. The van der Waals surface area contributed by atoms with Crippen LogP contribution in [0, 0.1) is 12.3 Å². The Bertz CT molecular complexity index is 1770. The molecular formula is C33H34N2O10. The first kappa shape index (κ1) is 29.8. The summed E-state index contributed by atoms with van der Waals surface area (Å²) in [6.45, 7) is 0.916. The van der Waals surface area contributed by atoms with Gasteiger partial charge in [0.2, 0.25) is 12.1 Å². The summed E-state index contributed by atoms with van der Waals surface area (Å²) < 4.78 is 12.2. The molecule has 6 atom stereocenters. The number of aromatic nitrogens is 1. The number of carbonyl (C=O) groups excluding carboxylic acids is 2. The number of nitrogens with zero attached hydrogens (tertiary/aromatic N) is 1. The lowest BCUT2D eigenvalue weighted by molar-refractivity contribution is -0.304. The lowest BCUT2D eigenvalue weighted by atomic mass is 9.77. The normalized spacial score (nSPS) is 30.5. The van der Waals surface area contributed by atoms with E-state index in [9.17, 15) is 40.2 Å². The van der Waals surface area contributed by atoms with Gasteiger partial charge >= 0.3 is 0 Å². The number of phenolic OH excluding ortho intramolecular Hbond substituents is 1. The molecule has 12 heteroatoms. The summed E-state index contributed by atoms with van der Waals surface area (Å²) in [5, 5.41) is 69.8. The molecular weight excluding hydrogens is 584 g/mol. The first-order valence-corrected chi connectivity index (χ1v) is 15.0. The number of aryl methyl sites for hydroxylation is 1. The van der Waals surface area contributed by atoms with Crippen LogP contribution in [0.2, 0.25) is 0 Å². The molecule has 3 aromatic rings. The molecule has 4 aliphatic rings. The molecule has 3 heterocycles. The smallest absolute Gasteiger partial charge is 0.229 e. The number of benzene rings is 2. The lowest BCUT2D eigenvalue weighted by Gasteiger charge is -2.47. The molecule has 12 nitrogen and oxygen atoms in total. The number of pyridine rings is 1. The second-order valence-corrected chi connectivity index (χ2v) is 12.6. The van der Waals surface area contributed by atoms with Crippen LogP contribution >= 0.6 is 0 Å². The highest BCUT2D eigenvalue weighted by molar-refractivity contribution is 6.34. The number of rotatable bonds is 1. The van der Waals surface area contributed by atoms with Gasteiger partial charge in [0, 0.05) is 34.7 Å². The van der Waals surface area contributed by atoms with Crippen LogP contribution in [0.5, 0.6) is 11.5 Å². The number of nitrogens with one attached hydrogen (secondary N) is 1. The second kappa shape index (κ2) is 10.6. The number of aliphatic hydroxyl groups excluding tert-OH is 5. The SMILES string of the molecule is Cc1cc(O)c2c(c1)C(=O)c1c(c3cc4c(nccc14)NCC(O)C1(C=CC4(CO)OC(O3)C(O)C(O)C4O)CCCC1)C2=O. The van der Waals surface area contributed by atoms with E-state index < -0.39 is 59.9 Å². The molecule has 2 aliphatic carbocycles. The Morgan fingerprint density at radius 3 is 2.44 bits per heavy atom. The van der Waals surface area contributed by atoms with Crippen molar-refractivity contribution in [3.63, 3.8) is 0 Å². The van der Waals surface area contributed by atoms with Crippen LogP contribution in [0.4, 0.5) is 5.82 Å². The van der Waals surface area contributed by atoms with Crippen LogP contribution in [0.3, 0.4) is 0 Å². The first-order chi connectivity index (χ1) is 21.5. The highest BCUT2D eigenvalue weighted by atomic mass is 16.7. The van der Waals surface area contributed by atoms with E-state index in [4.69, 9.17) is 9.47 Å². The molecule has 45 heavy (non-hydrogen) atoms. The van der Waals surface area contributed by atoms with Crippen molar-refractivity contribution in [3.8, 4) is 11.5 Å². The van der Waals surface area contributed by atoms with Crippen LogP contribution in [0.25, 0.3) is 10.8 Å².